The van der Waals surface area contributed by atoms with Crippen LogP contribution in [0.5, 0.6) is 0 Å². The van der Waals surface area contributed by atoms with Gasteiger partial charge in [0.05, 0.1) is 11.6 Å². The minimum atomic E-state index is -0.647. The van der Waals surface area contributed by atoms with Crippen LogP contribution in [0.2, 0.25) is 0 Å². The van der Waals surface area contributed by atoms with Crippen LogP contribution < -0.4 is 5.32 Å². The average molecular weight is 346 g/mol. The summed E-state index contributed by atoms with van der Waals surface area (Å²) in [5.41, 5.74) is 2.69. The van der Waals surface area contributed by atoms with Gasteiger partial charge in [0, 0.05) is 22.0 Å². The zero-order valence-corrected chi connectivity index (χ0v) is 14.5. The van der Waals surface area contributed by atoms with Crippen molar-refractivity contribution in [3.63, 3.8) is 0 Å². The van der Waals surface area contributed by atoms with Gasteiger partial charge in [0.15, 0.2) is 0 Å². The van der Waals surface area contributed by atoms with Gasteiger partial charge >= 0.3 is 0 Å². The second-order valence-corrected chi connectivity index (χ2v) is 6.38. The largest absolute Gasteiger partial charge is 0.459 e. The topological polar surface area (TPSA) is 75.1 Å². The van der Waals surface area contributed by atoms with E-state index in [1.54, 1.807) is 13.8 Å². The van der Waals surface area contributed by atoms with Crippen molar-refractivity contribution in [2.75, 3.05) is 0 Å². The summed E-state index contributed by atoms with van der Waals surface area (Å²) >= 11 is 0. The molecule has 0 saturated heterocycles. The van der Waals surface area contributed by atoms with Crippen molar-refractivity contribution in [3.8, 4) is 0 Å². The molecule has 0 aliphatic carbocycles. The summed E-state index contributed by atoms with van der Waals surface area (Å²) in [6.07, 6.45) is 0. The lowest BCUT2D eigenvalue weighted by molar-refractivity contribution is -0.117. The van der Waals surface area contributed by atoms with Crippen LogP contribution in [-0.4, -0.2) is 16.7 Å². The number of nitrogens with one attached hydrogen (secondary N) is 2. The fourth-order valence-electron chi connectivity index (χ4n) is 3.23. The Labute approximate surface area is 150 Å². The highest BCUT2D eigenvalue weighted by molar-refractivity contribution is 6.45. The molecule has 1 atom stereocenters. The predicted octanol–water partition coefficient (Wildman–Crippen LogP) is 4.28. The van der Waals surface area contributed by atoms with Gasteiger partial charge in [-0.2, -0.15) is 0 Å². The number of hydrogen-bond acceptors (Lipinski definition) is 3. The highest BCUT2D eigenvalue weighted by atomic mass is 16.3. The predicted molar refractivity (Wildman–Crippen MR) is 100 cm³/mol. The molecular weight excluding hydrogens is 328 g/mol. The van der Waals surface area contributed by atoms with Gasteiger partial charge in [-0.05, 0) is 32.0 Å². The number of benzene rings is 2. The Morgan fingerprint density at radius 3 is 2.62 bits per heavy atom. The van der Waals surface area contributed by atoms with E-state index in [9.17, 15) is 9.59 Å². The number of carbonyl (C=O) groups is 2. The van der Waals surface area contributed by atoms with E-state index >= 15 is 0 Å². The molecule has 0 aliphatic heterocycles. The SMILES string of the molecule is Cc1[nH]c2ccccc2c1C(=O)C(=O)N[C@H](C)c1cc2ccccc2o1. The van der Waals surface area contributed by atoms with Gasteiger partial charge in [-0.15, -0.1) is 0 Å². The molecule has 4 rings (SSSR count). The van der Waals surface area contributed by atoms with E-state index in [0.717, 1.165) is 21.9 Å². The molecule has 2 N–H and O–H groups in total. The van der Waals surface area contributed by atoms with Crippen molar-refractivity contribution in [1.29, 1.82) is 0 Å². The number of furan rings is 1. The molecule has 0 spiro atoms. The first-order valence-corrected chi connectivity index (χ1v) is 8.45. The third-order valence-corrected chi connectivity index (χ3v) is 4.55. The number of H-pyrrole nitrogens is 1. The van der Waals surface area contributed by atoms with Crippen LogP contribution in [0.1, 0.15) is 34.8 Å². The van der Waals surface area contributed by atoms with Gasteiger partial charge < -0.3 is 14.7 Å². The molecular formula is C21H18N2O3. The molecule has 1 amide bonds. The Morgan fingerprint density at radius 1 is 1.08 bits per heavy atom. The summed E-state index contributed by atoms with van der Waals surface area (Å²) in [5, 5.41) is 4.45. The van der Waals surface area contributed by atoms with E-state index in [2.05, 4.69) is 10.3 Å². The molecule has 2 aromatic heterocycles. The molecule has 0 saturated carbocycles. The average Bonchev–Trinajstić information content (AvgIpc) is 3.21. The van der Waals surface area contributed by atoms with E-state index in [-0.39, 0.29) is 0 Å². The monoisotopic (exact) mass is 346 g/mol. The van der Waals surface area contributed by atoms with Crippen LogP contribution in [-0.2, 0) is 4.79 Å². The minimum absolute atomic E-state index is 0.412. The van der Waals surface area contributed by atoms with Crippen molar-refractivity contribution >= 4 is 33.6 Å². The summed E-state index contributed by atoms with van der Waals surface area (Å²) in [4.78, 5) is 28.4. The third kappa shape index (κ3) is 2.67. The lowest BCUT2D eigenvalue weighted by atomic mass is 10.1. The number of Topliss-reactive ketones (excluding diaryl/α,β-unsaturated/α-hetero) is 1. The Kier molecular flexibility index (Phi) is 3.84. The van der Waals surface area contributed by atoms with E-state index in [1.807, 2.05) is 54.6 Å². The molecule has 130 valence electrons. The van der Waals surface area contributed by atoms with Gasteiger partial charge in [-0.1, -0.05) is 36.4 Å². The number of aryl methyl sites for hydroxylation is 1. The number of rotatable bonds is 4. The molecule has 4 aromatic rings. The highest BCUT2D eigenvalue weighted by Gasteiger charge is 2.25. The van der Waals surface area contributed by atoms with Gasteiger partial charge in [0.1, 0.15) is 11.3 Å². The molecule has 0 unspecified atom stereocenters. The van der Waals surface area contributed by atoms with Crippen molar-refractivity contribution in [2.24, 2.45) is 0 Å². The zero-order chi connectivity index (χ0) is 18.3. The Morgan fingerprint density at radius 2 is 1.81 bits per heavy atom. The maximum absolute atomic E-state index is 12.7. The maximum atomic E-state index is 12.7. The number of fused-ring (bicyclic) bond motifs is 2. The van der Waals surface area contributed by atoms with Crippen LogP contribution in [0, 0.1) is 6.92 Å². The fraction of sp³-hybridized carbons (Fsp3) is 0.143. The summed E-state index contributed by atoms with van der Waals surface area (Å²) in [6.45, 7) is 3.59. The molecule has 26 heavy (non-hydrogen) atoms. The Bertz CT molecular complexity index is 1100. The normalized spacial score (nSPS) is 12.4. The first kappa shape index (κ1) is 16.1. The van der Waals surface area contributed by atoms with Crippen molar-refractivity contribution in [2.45, 2.75) is 19.9 Å². The van der Waals surface area contributed by atoms with E-state index in [0.29, 0.717) is 17.0 Å². The zero-order valence-electron chi connectivity index (χ0n) is 14.5. The molecule has 0 fully saturated rings. The van der Waals surface area contributed by atoms with Crippen LogP contribution in [0.3, 0.4) is 0 Å². The second kappa shape index (κ2) is 6.19. The van der Waals surface area contributed by atoms with Crippen molar-refractivity contribution < 1.29 is 14.0 Å². The second-order valence-electron chi connectivity index (χ2n) is 6.38. The molecule has 0 aliphatic rings. The summed E-state index contributed by atoms with van der Waals surface area (Å²) in [5.74, 6) is -0.586. The number of aromatic nitrogens is 1. The number of carbonyl (C=O) groups excluding carboxylic acids is 2. The van der Waals surface area contributed by atoms with Crippen LogP contribution in [0.4, 0.5) is 0 Å². The molecule has 2 aromatic carbocycles. The standard InChI is InChI=1S/C21H18N2O3/c1-12(18-11-14-7-3-6-10-17(14)26-18)23-21(25)20(24)19-13(2)22-16-9-5-4-8-15(16)19/h3-12,22H,1-2H3,(H,23,25)/t12-/m1/s1. The Balaban J connectivity index is 1.58. The summed E-state index contributed by atoms with van der Waals surface area (Å²) in [6, 6.07) is 16.5. The Hall–Kier alpha value is -3.34. The molecule has 5 heteroatoms. The van der Waals surface area contributed by atoms with Crippen LogP contribution in [0.25, 0.3) is 21.9 Å². The van der Waals surface area contributed by atoms with Gasteiger partial charge in [-0.25, -0.2) is 0 Å². The first-order valence-electron chi connectivity index (χ1n) is 8.45. The number of hydrogen-bond donors (Lipinski definition) is 2. The lowest BCUT2D eigenvalue weighted by Gasteiger charge is -2.10. The number of amides is 1. The first-order chi connectivity index (χ1) is 12.5. The van der Waals surface area contributed by atoms with E-state index < -0.39 is 17.7 Å². The highest BCUT2D eigenvalue weighted by Crippen LogP contribution is 2.25. The molecule has 2 heterocycles. The molecule has 0 bridgehead atoms. The van der Waals surface area contributed by atoms with Gasteiger partial charge in [0.25, 0.3) is 11.7 Å². The van der Waals surface area contributed by atoms with Crippen LogP contribution in [0.15, 0.2) is 59.0 Å². The number of ketones is 1. The molecule has 0 radical (unpaired) electrons. The molecule has 5 nitrogen and oxygen atoms in total. The summed E-state index contributed by atoms with van der Waals surface area (Å²) < 4.78 is 5.76. The van der Waals surface area contributed by atoms with Gasteiger partial charge in [0.2, 0.25) is 0 Å². The number of para-hydroxylation sites is 2. The van der Waals surface area contributed by atoms with Crippen LogP contribution >= 0.6 is 0 Å². The number of aromatic amines is 1. The fourth-order valence-corrected chi connectivity index (χ4v) is 3.23. The lowest BCUT2D eigenvalue weighted by Crippen LogP contribution is -2.33. The van der Waals surface area contributed by atoms with Crippen molar-refractivity contribution in [3.05, 3.63) is 71.6 Å². The minimum Gasteiger partial charge on any atom is -0.459 e. The van der Waals surface area contributed by atoms with E-state index in [4.69, 9.17) is 4.42 Å². The quantitative estimate of drug-likeness (QED) is 0.428. The summed E-state index contributed by atoms with van der Waals surface area (Å²) in [7, 11) is 0. The maximum Gasteiger partial charge on any atom is 0.293 e. The van der Waals surface area contributed by atoms with Gasteiger partial charge in [-0.3, -0.25) is 9.59 Å². The smallest absolute Gasteiger partial charge is 0.293 e. The van der Waals surface area contributed by atoms with Crippen molar-refractivity contribution in [1.82, 2.24) is 10.3 Å². The third-order valence-electron chi connectivity index (χ3n) is 4.55. The van der Waals surface area contributed by atoms with E-state index in [1.165, 1.54) is 0 Å².